The third-order valence-corrected chi connectivity index (χ3v) is 3.21. The lowest BCUT2D eigenvalue weighted by Gasteiger charge is -2.16. The molecule has 1 unspecified atom stereocenters. The molecule has 1 N–H and O–H groups in total. The normalized spacial score (nSPS) is 12.6. The molecule has 0 saturated heterocycles. The van der Waals surface area contributed by atoms with Gasteiger partial charge in [-0.05, 0) is 49.7 Å². The Balaban J connectivity index is 2.00. The zero-order chi connectivity index (χ0) is 12.8. The second-order valence-electron chi connectivity index (χ2n) is 4.51. The van der Waals surface area contributed by atoms with Crippen LogP contribution < -0.4 is 5.32 Å². The van der Waals surface area contributed by atoms with E-state index in [1.807, 2.05) is 12.4 Å². The lowest BCUT2D eigenvalue weighted by Crippen LogP contribution is -2.21. The molecular weight excluding hydrogens is 222 g/mol. The van der Waals surface area contributed by atoms with Gasteiger partial charge in [0, 0.05) is 36.9 Å². The van der Waals surface area contributed by atoms with Crippen LogP contribution in [0.25, 0.3) is 0 Å². The van der Waals surface area contributed by atoms with E-state index in [4.69, 9.17) is 0 Å². The summed E-state index contributed by atoms with van der Waals surface area (Å²) in [5.41, 5.74) is 2.69. The highest BCUT2D eigenvalue weighted by molar-refractivity contribution is 5.13. The quantitative estimate of drug-likeness (QED) is 0.845. The zero-order valence-electron chi connectivity index (χ0n) is 11.1. The number of aryl methyl sites for hydroxylation is 2. The second kappa shape index (κ2) is 6.36. The molecule has 0 saturated carbocycles. The SMILES string of the molecule is CCNC(C)c1cccn1CCc1ccncc1. The highest BCUT2D eigenvalue weighted by Gasteiger charge is 2.08. The minimum atomic E-state index is 0.405. The van der Waals surface area contributed by atoms with Crippen molar-refractivity contribution in [3.05, 3.63) is 54.1 Å². The van der Waals surface area contributed by atoms with Crippen LogP contribution in [0.4, 0.5) is 0 Å². The van der Waals surface area contributed by atoms with Crippen LogP contribution in [-0.2, 0) is 13.0 Å². The number of rotatable bonds is 6. The van der Waals surface area contributed by atoms with Gasteiger partial charge in [0.05, 0.1) is 0 Å². The molecule has 0 aliphatic heterocycles. The summed E-state index contributed by atoms with van der Waals surface area (Å²) in [5.74, 6) is 0. The van der Waals surface area contributed by atoms with Crippen LogP contribution in [0.5, 0.6) is 0 Å². The Bertz CT molecular complexity index is 462. The Morgan fingerprint density at radius 2 is 2.06 bits per heavy atom. The van der Waals surface area contributed by atoms with Crippen LogP contribution >= 0.6 is 0 Å². The van der Waals surface area contributed by atoms with Crippen molar-refractivity contribution >= 4 is 0 Å². The number of pyridine rings is 1. The van der Waals surface area contributed by atoms with Crippen LogP contribution in [0.15, 0.2) is 42.9 Å². The number of hydrogen-bond donors (Lipinski definition) is 1. The lowest BCUT2D eigenvalue weighted by molar-refractivity contribution is 0.539. The van der Waals surface area contributed by atoms with E-state index in [2.05, 4.69) is 59.2 Å². The molecule has 0 aliphatic rings. The van der Waals surface area contributed by atoms with E-state index in [1.165, 1.54) is 11.3 Å². The molecule has 0 aromatic carbocycles. The Labute approximate surface area is 109 Å². The maximum atomic E-state index is 4.04. The average molecular weight is 243 g/mol. The fourth-order valence-corrected chi connectivity index (χ4v) is 2.23. The van der Waals surface area contributed by atoms with Gasteiger partial charge >= 0.3 is 0 Å². The topological polar surface area (TPSA) is 29.9 Å². The van der Waals surface area contributed by atoms with E-state index in [0.29, 0.717) is 6.04 Å². The smallest absolute Gasteiger partial charge is 0.0446 e. The summed E-state index contributed by atoms with van der Waals surface area (Å²) in [6.45, 7) is 6.36. The van der Waals surface area contributed by atoms with Gasteiger partial charge in [0.15, 0.2) is 0 Å². The van der Waals surface area contributed by atoms with Crippen LogP contribution in [-0.4, -0.2) is 16.1 Å². The van der Waals surface area contributed by atoms with Crippen LogP contribution in [0.2, 0.25) is 0 Å². The summed E-state index contributed by atoms with van der Waals surface area (Å²) in [6, 6.07) is 8.88. The predicted molar refractivity (Wildman–Crippen MR) is 74.5 cm³/mol. The van der Waals surface area contributed by atoms with Gasteiger partial charge in [0.2, 0.25) is 0 Å². The van der Waals surface area contributed by atoms with Crippen molar-refractivity contribution in [1.29, 1.82) is 0 Å². The predicted octanol–water partition coefficient (Wildman–Crippen LogP) is 2.80. The Morgan fingerprint density at radius 3 is 2.78 bits per heavy atom. The van der Waals surface area contributed by atoms with Crippen LogP contribution in [0.3, 0.4) is 0 Å². The first-order chi connectivity index (χ1) is 8.81. The molecule has 0 spiro atoms. The third kappa shape index (κ3) is 3.20. The summed E-state index contributed by atoms with van der Waals surface area (Å²) in [6.07, 6.45) is 6.91. The van der Waals surface area contributed by atoms with Crippen molar-refractivity contribution in [2.45, 2.75) is 32.9 Å². The van der Waals surface area contributed by atoms with Crippen LogP contribution in [0.1, 0.15) is 31.1 Å². The average Bonchev–Trinajstić information content (AvgIpc) is 2.86. The Morgan fingerprint density at radius 1 is 1.28 bits per heavy atom. The molecule has 18 heavy (non-hydrogen) atoms. The third-order valence-electron chi connectivity index (χ3n) is 3.21. The summed E-state index contributed by atoms with van der Waals surface area (Å²) in [4.78, 5) is 4.04. The molecule has 1 atom stereocenters. The largest absolute Gasteiger partial charge is 0.350 e. The van der Waals surface area contributed by atoms with E-state index in [-0.39, 0.29) is 0 Å². The van der Waals surface area contributed by atoms with Crippen LogP contribution in [0, 0.1) is 0 Å². The number of aromatic nitrogens is 2. The molecule has 3 nitrogen and oxygen atoms in total. The number of hydrogen-bond acceptors (Lipinski definition) is 2. The second-order valence-corrected chi connectivity index (χ2v) is 4.51. The van der Waals surface area contributed by atoms with Gasteiger partial charge in [0.1, 0.15) is 0 Å². The molecule has 0 fully saturated rings. The first kappa shape index (κ1) is 12.8. The first-order valence-corrected chi connectivity index (χ1v) is 6.58. The van der Waals surface area contributed by atoms with Crippen molar-refractivity contribution in [3.63, 3.8) is 0 Å². The summed E-state index contributed by atoms with van der Waals surface area (Å²) in [7, 11) is 0. The highest BCUT2D eigenvalue weighted by Crippen LogP contribution is 2.14. The van der Waals surface area contributed by atoms with E-state index >= 15 is 0 Å². The molecule has 0 radical (unpaired) electrons. The molecule has 2 aromatic heterocycles. The van der Waals surface area contributed by atoms with Crippen molar-refractivity contribution in [2.24, 2.45) is 0 Å². The highest BCUT2D eigenvalue weighted by atomic mass is 15.0. The lowest BCUT2D eigenvalue weighted by atomic mass is 10.2. The summed E-state index contributed by atoms with van der Waals surface area (Å²) < 4.78 is 2.33. The number of nitrogens with one attached hydrogen (secondary N) is 1. The Hall–Kier alpha value is -1.61. The molecule has 0 bridgehead atoms. The van der Waals surface area contributed by atoms with E-state index in [0.717, 1.165) is 19.5 Å². The van der Waals surface area contributed by atoms with E-state index in [1.54, 1.807) is 0 Å². The van der Waals surface area contributed by atoms with Gasteiger partial charge in [-0.3, -0.25) is 4.98 Å². The molecule has 3 heteroatoms. The maximum Gasteiger partial charge on any atom is 0.0446 e. The van der Waals surface area contributed by atoms with Gasteiger partial charge in [-0.15, -0.1) is 0 Å². The minimum Gasteiger partial charge on any atom is -0.350 e. The molecule has 2 rings (SSSR count). The fraction of sp³-hybridized carbons (Fsp3) is 0.400. The van der Waals surface area contributed by atoms with Gasteiger partial charge in [-0.2, -0.15) is 0 Å². The molecule has 0 amide bonds. The van der Waals surface area contributed by atoms with E-state index in [9.17, 15) is 0 Å². The first-order valence-electron chi connectivity index (χ1n) is 6.58. The molecule has 2 heterocycles. The van der Waals surface area contributed by atoms with Gasteiger partial charge in [-0.1, -0.05) is 6.92 Å². The molecular formula is C15H21N3. The number of nitrogens with zero attached hydrogens (tertiary/aromatic N) is 2. The van der Waals surface area contributed by atoms with Crippen molar-refractivity contribution < 1.29 is 0 Å². The fourth-order valence-electron chi connectivity index (χ4n) is 2.23. The van der Waals surface area contributed by atoms with Gasteiger partial charge in [-0.25, -0.2) is 0 Å². The van der Waals surface area contributed by atoms with Crippen molar-refractivity contribution in [2.75, 3.05) is 6.54 Å². The summed E-state index contributed by atoms with van der Waals surface area (Å²) >= 11 is 0. The van der Waals surface area contributed by atoms with Crippen molar-refractivity contribution in [3.8, 4) is 0 Å². The summed E-state index contributed by atoms with van der Waals surface area (Å²) in [5, 5.41) is 3.46. The van der Waals surface area contributed by atoms with Gasteiger partial charge in [0.25, 0.3) is 0 Å². The molecule has 0 aliphatic carbocycles. The Kier molecular flexibility index (Phi) is 4.53. The monoisotopic (exact) mass is 243 g/mol. The van der Waals surface area contributed by atoms with Gasteiger partial charge < -0.3 is 9.88 Å². The van der Waals surface area contributed by atoms with Crippen molar-refractivity contribution in [1.82, 2.24) is 14.9 Å². The maximum absolute atomic E-state index is 4.04. The molecule has 96 valence electrons. The zero-order valence-corrected chi connectivity index (χ0v) is 11.1. The standard InChI is InChI=1S/C15H21N3/c1-3-17-13(2)15-5-4-11-18(15)12-8-14-6-9-16-10-7-14/h4-7,9-11,13,17H,3,8,12H2,1-2H3. The molecule has 2 aromatic rings. The minimum absolute atomic E-state index is 0.405. The van der Waals surface area contributed by atoms with E-state index < -0.39 is 0 Å².